The Morgan fingerprint density at radius 1 is 1.50 bits per heavy atom. The first-order chi connectivity index (χ1) is 8.54. The molecule has 1 heterocycles. The van der Waals surface area contributed by atoms with E-state index in [1.54, 1.807) is 11.6 Å². The molecule has 0 saturated carbocycles. The lowest BCUT2D eigenvalue weighted by Crippen LogP contribution is -2.06. The van der Waals surface area contributed by atoms with Crippen LogP contribution in [0.3, 0.4) is 0 Å². The van der Waals surface area contributed by atoms with Gasteiger partial charge in [0.25, 0.3) is 5.69 Å². The quantitative estimate of drug-likeness (QED) is 0.647. The van der Waals surface area contributed by atoms with Crippen molar-refractivity contribution in [2.24, 2.45) is 12.8 Å². The van der Waals surface area contributed by atoms with Crippen molar-refractivity contribution in [2.45, 2.75) is 6.54 Å². The number of rotatable bonds is 3. The SMILES string of the molecule is Cn1c(CN)nnc1-c1ccc(F)cc1[N+](=O)[O-]. The zero-order chi connectivity index (χ0) is 13.3. The topological polar surface area (TPSA) is 99.9 Å². The molecule has 0 unspecified atom stereocenters. The molecular weight excluding hydrogens is 241 g/mol. The number of nitrogens with zero attached hydrogens (tertiary/aromatic N) is 4. The Bertz CT molecular complexity index is 610. The van der Waals surface area contributed by atoms with Gasteiger partial charge >= 0.3 is 0 Å². The van der Waals surface area contributed by atoms with Crippen LogP contribution in [0.15, 0.2) is 18.2 Å². The van der Waals surface area contributed by atoms with Crippen molar-refractivity contribution in [1.29, 1.82) is 0 Å². The maximum atomic E-state index is 13.0. The zero-order valence-electron chi connectivity index (χ0n) is 9.50. The molecule has 0 aliphatic rings. The second-order valence-corrected chi connectivity index (χ2v) is 3.62. The molecule has 94 valence electrons. The smallest absolute Gasteiger partial charge is 0.283 e. The van der Waals surface area contributed by atoms with E-state index in [9.17, 15) is 14.5 Å². The number of halogens is 1. The molecule has 7 nitrogen and oxygen atoms in total. The number of hydrogen-bond donors (Lipinski definition) is 1. The van der Waals surface area contributed by atoms with Crippen molar-refractivity contribution in [3.63, 3.8) is 0 Å². The van der Waals surface area contributed by atoms with Gasteiger partial charge in [-0.15, -0.1) is 10.2 Å². The summed E-state index contributed by atoms with van der Waals surface area (Å²) in [6, 6.07) is 3.29. The molecule has 0 fully saturated rings. The van der Waals surface area contributed by atoms with E-state index in [0.29, 0.717) is 5.82 Å². The minimum atomic E-state index is -0.674. The summed E-state index contributed by atoms with van der Waals surface area (Å²) in [5, 5.41) is 18.5. The van der Waals surface area contributed by atoms with Crippen molar-refractivity contribution < 1.29 is 9.31 Å². The molecule has 1 aromatic carbocycles. The van der Waals surface area contributed by atoms with Gasteiger partial charge in [0.05, 0.1) is 23.1 Å². The van der Waals surface area contributed by atoms with Gasteiger partial charge in [-0.3, -0.25) is 10.1 Å². The Labute approximate surface area is 101 Å². The molecule has 0 saturated heterocycles. The third kappa shape index (κ3) is 1.93. The summed E-state index contributed by atoms with van der Waals surface area (Å²) in [5.41, 5.74) is 5.30. The predicted octanol–water partition coefficient (Wildman–Crippen LogP) is 0.988. The zero-order valence-corrected chi connectivity index (χ0v) is 9.50. The second kappa shape index (κ2) is 4.49. The van der Waals surface area contributed by atoms with Crippen LogP contribution >= 0.6 is 0 Å². The molecule has 0 aliphatic heterocycles. The average molecular weight is 251 g/mol. The Morgan fingerprint density at radius 2 is 2.22 bits per heavy atom. The number of aromatic nitrogens is 3. The summed E-state index contributed by atoms with van der Waals surface area (Å²) >= 11 is 0. The lowest BCUT2D eigenvalue weighted by molar-refractivity contribution is -0.384. The molecule has 8 heteroatoms. The van der Waals surface area contributed by atoms with Crippen molar-refractivity contribution in [3.8, 4) is 11.4 Å². The largest absolute Gasteiger partial charge is 0.324 e. The molecule has 0 atom stereocenters. The third-order valence-corrected chi connectivity index (χ3v) is 2.54. The van der Waals surface area contributed by atoms with E-state index in [0.717, 1.165) is 12.1 Å². The minimum absolute atomic E-state index is 0.165. The van der Waals surface area contributed by atoms with Crippen molar-refractivity contribution >= 4 is 5.69 Å². The van der Waals surface area contributed by atoms with Crippen LogP contribution in [0, 0.1) is 15.9 Å². The molecule has 2 aromatic rings. The first-order valence-corrected chi connectivity index (χ1v) is 5.07. The highest BCUT2D eigenvalue weighted by atomic mass is 19.1. The summed E-state index contributed by atoms with van der Waals surface area (Å²) in [6.07, 6.45) is 0. The van der Waals surface area contributed by atoms with Crippen molar-refractivity contribution in [3.05, 3.63) is 40.0 Å². The van der Waals surface area contributed by atoms with Crippen molar-refractivity contribution in [2.75, 3.05) is 0 Å². The summed E-state index contributed by atoms with van der Waals surface area (Å²) in [5.74, 6) is 0.0949. The molecule has 0 bridgehead atoms. The van der Waals surface area contributed by atoms with E-state index < -0.39 is 10.7 Å². The monoisotopic (exact) mass is 251 g/mol. The summed E-state index contributed by atoms with van der Waals surface area (Å²) in [6.45, 7) is 0.165. The van der Waals surface area contributed by atoms with Crippen LogP contribution in [0.25, 0.3) is 11.4 Å². The first-order valence-electron chi connectivity index (χ1n) is 5.07. The first kappa shape index (κ1) is 12.1. The minimum Gasteiger partial charge on any atom is -0.324 e. The molecule has 2 rings (SSSR count). The standard InChI is InChI=1S/C10H10FN5O2/c1-15-9(5-12)13-14-10(15)7-3-2-6(11)4-8(7)16(17)18/h2-4H,5,12H2,1H3. The van der Waals surface area contributed by atoms with E-state index in [2.05, 4.69) is 10.2 Å². The molecular formula is C10H10FN5O2. The van der Waals surface area contributed by atoms with Crippen LogP contribution in [0.5, 0.6) is 0 Å². The Morgan fingerprint density at radius 3 is 2.78 bits per heavy atom. The van der Waals surface area contributed by atoms with Gasteiger partial charge in [0.1, 0.15) is 11.6 Å². The molecule has 0 radical (unpaired) electrons. The van der Waals surface area contributed by atoms with Crippen LogP contribution < -0.4 is 5.73 Å². The normalized spacial score (nSPS) is 10.6. The highest BCUT2D eigenvalue weighted by Gasteiger charge is 2.21. The number of nitrogens with two attached hydrogens (primary N) is 1. The van der Waals surface area contributed by atoms with Crippen LogP contribution in [-0.4, -0.2) is 19.7 Å². The number of nitro groups is 1. The van der Waals surface area contributed by atoms with Gasteiger partial charge in [0.15, 0.2) is 5.82 Å². The van der Waals surface area contributed by atoms with Crippen LogP contribution in [0.2, 0.25) is 0 Å². The van der Waals surface area contributed by atoms with Crippen LogP contribution in [0.4, 0.5) is 10.1 Å². The van der Waals surface area contributed by atoms with Crippen molar-refractivity contribution in [1.82, 2.24) is 14.8 Å². The van der Waals surface area contributed by atoms with Gasteiger partial charge in [-0.2, -0.15) is 0 Å². The Balaban J connectivity index is 2.63. The molecule has 1 aromatic heterocycles. The fourth-order valence-electron chi connectivity index (χ4n) is 1.62. The van der Waals surface area contributed by atoms with Gasteiger partial charge in [0, 0.05) is 7.05 Å². The van der Waals surface area contributed by atoms with Crippen LogP contribution in [0.1, 0.15) is 5.82 Å². The average Bonchev–Trinajstić information content (AvgIpc) is 2.70. The third-order valence-electron chi connectivity index (χ3n) is 2.54. The van der Waals surface area contributed by atoms with E-state index in [-0.39, 0.29) is 23.6 Å². The highest BCUT2D eigenvalue weighted by molar-refractivity contribution is 5.68. The molecule has 0 amide bonds. The Hall–Kier alpha value is -2.35. The van der Waals surface area contributed by atoms with E-state index in [1.807, 2.05) is 0 Å². The Kier molecular flexibility index (Phi) is 3.02. The molecule has 2 N–H and O–H groups in total. The van der Waals surface area contributed by atoms with E-state index in [4.69, 9.17) is 5.73 Å². The van der Waals surface area contributed by atoms with Gasteiger partial charge < -0.3 is 10.3 Å². The number of benzene rings is 1. The summed E-state index contributed by atoms with van der Waals surface area (Å²) < 4.78 is 14.6. The highest BCUT2D eigenvalue weighted by Crippen LogP contribution is 2.29. The lowest BCUT2D eigenvalue weighted by Gasteiger charge is -2.03. The van der Waals surface area contributed by atoms with Gasteiger partial charge in [-0.25, -0.2) is 4.39 Å². The van der Waals surface area contributed by atoms with Crippen LogP contribution in [-0.2, 0) is 13.6 Å². The maximum Gasteiger partial charge on any atom is 0.283 e. The van der Waals surface area contributed by atoms with Gasteiger partial charge in [-0.1, -0.05) is 0 Å². The molecule has 18 heavy (non-hydrogen) atoms. The molecule has 0 spiro atoms. The number of nitro benzene ring substituents is 1. The van der Waals surface area contributed by atoms with Gasteiger partial charge in [-0.05, 0) is 12.1 Å². The maximum absolute atomic E-state index is 13.0. The summed E-state index contributed by atoms with van der Waals surface area (Å²) in [7, 11) is 1.64. The summed E-state index contributed by atoms with van der Waals surface area (Å²) in [4.78, 5) is 10.2. The fraction of sp³-hybridized carbons (Fsp3) is 0.200. The van der Waals surface area contributed by atoms with Gasteiger partial charge in [0.2, 0.25) is 0 Å². The van der Waals surface area contributed by atoms with E-state index >= 15 is 0 Å². The predicted molar refractivity (Wildman–Crippen MR) is 60.9 cm³/mol. The lowest BCUT2D eigenvalue weighted by atomic mass is 10.1. The molecule has 0 aliphatic carbocycles. The number of hydrogen-bond acceptors (Lipinski definition) is 5. The second-order valence-electron chi connectivity index (χ2n) is 3.62. The fourth-order valence-corrected chi connectivity index (χ4v) is 1.62. The van der Waals surface area contributed by atoms with E-state index in [1.165, 1.54) is 6.07 Å².